The Morgan fingerprint density at radius 1 is 0.905 bits per heavy atom. The number of thioether (sulfide) groups is 1. The Balaban J connectivity index is 1.54. The molecule has 2 aliphatic rings. The molecule has 2 aliphatic heterocycles. The predicted octanol–water partition coefficient (Wildman–Crippen LogP) is 4.46. The molecule has 2 N–H and O–H groups in total. The van der Waals surface area contributed by atoms with Gasteiger partial charge in [-0.3, -0.25) is 14.2 Å². The van der Waals surface area contributed by atoms with Crippen LogP contribution in [-0.4, -0.2) is 70.5 Å². The minimum atomic E-state index is -3.43. The SMILES string of the molecule is CN1N=C(c2ccc3c(c2)CCCN3C(=Nc2ccc(NS(C)(=O)=O)cc2)c2ccc(NS(C)(=O)=O)cc2)CSC1=O. The number of aliphatic imine (C=N–C) groups is 1. The van der Waals surface area contributed by atoms with Crippen LogP contribution < -0.4 is 14.3 Å². The minimum absolute atomic E-state index is 0.0818. The summed E-state index contributed by atoms with van der Waals surface area (Å²) in [6.07, 6.45) is 3.93. The standard InChI is InChI=1S/C28H30N6O5S3/c1-33-28(35)40-18-25(30-33)20-8-15-26-21(17-20)5-4-16-34(26)27(19-6-9-23(10-7-19)31-41(2,36)37)29-22-11-13-24(14-12-22)32-42(3,38)39/h6-15,17,31-32H,4-5,16,18H2,1-3H3. The van der Waals surface area contributed by atoms with Crippen LogP contribution in [0.4, 0.5) is 27.5 Å². The zero-order valence-electron chi connectivity index (χ0n) is 23.2. The van der Waals surface area contributed by atoms with Crippen molar-refractivity contribution in [1.29, 1.82) is 0 Å². The first-order valence-corrected chi connectivity index (χ1v) is 17.7. The fraction of sp³-hybridized carbons (Fsp3) is 0.250. The number of hydrazone groups is 1. The monoisotopic (exact) mass is 626 g/mol. The molecule has 0 radical (unpaired) electrons. The van der Waals surface area contributed by atoms with Crippen molar-refractivity contribution in [1.82, 2.24) is 5.01 Å². The number of nitrogens with zero attached hydrogens (tertiary/aromatic N) is 4. The fourth-order valence-electron chi connectivity index (χ4n) is 4.73. The van der Waals surface area contributed by atoms with Gasteiger partial charge in [-0.15, -0.1) is 0 Å². The summed E-state index contributed by atoms with van der Waals surface area (Å²) in [5, 5.41) is 5.73. The van der Waals surface area contributed by atoms with Crippen molar-refractivity contribution in [3.8, 4) is 0 Å². The van der Waals surface area contributed by atoms with Gasteiger partial charge in [0.25, 0.3) is 0 Å². The highest BCUT2D eigenvalue weighted by Gasteiger charge is 2.25. The zero-order chi connectivity index (χ0) is 30.1. The van der Waals surface area contributed by atoms with Gasteiger partial charge >= 0.3 is 5.24 Å². The molecule has 42 heavy (non-hydrogen) atoms. The van der Waals surface area contributed by atoms with Crippen molar-refractivity contribution in [2.24, 2.45) is 10.1 Å². The first-order chi connectivity index (χ1) is 19.8. The Morgan fingerprint density at radius 3 is 2.12 bits per heavy atom. The first-order valence-electron chi connectivity index (χ1n) is 13.0. The van der Waals surface area contributed by atoms with Crippen molar-refractivity contribution < 1.29 is 21.6 Å². The Bertz CT molecular complexity index is 1790. The van der Waals surface area contributed by atoms with E-state index in [0.717, 1.165) is 53.4 Å². The number of carbonyl (C=O) groups excluding carboxylic acids is 1. The number of carbonyl (C=O) groups is 1. The van der Waals surface area contributed by atoms with Gasteiger partial charge in [-0.05, 0) is 84.6 Å². The van der Waals surface area contributed by atoms with Gasteiger partial charge in [-0.2, -0.15) is 5.10 Å². The van der Waals surface area contributed by atoms with Crippen LogP contribution in [0.2, 0.25) is 0 Å². The summed E-state index contributed by atoms with van der Waals surface area (Å²) in [4.78, 5) is 19.0. The van der Waals surface area contributed by atoms with E-state index in [4.69, 9.17) is 4.99 Å². The molecular formula is C28H30N6O5S3. The normalized spacial score (nSPS) is 16.1. The lowest BCUT2D eigenvalue weighted by Crippen LogP contribution is -2.36. The number of nitrogens with one attached hydrogen (secondary N) is 2. The highest BCUT2D eigenvalue weighted by molar-refractivity contribution is 8.14. The van der Waals surface area contributed by atoms with Crippen molar-refractivity contribution in [2.45, 2.75) is 12.8 Å². The Morgan fingerprint density at radius 2 is 1.52 bits per heavy atom. The summed E-state index contributed by atoms with van der Waals surface area (Å²) in [6, 6.07) is 19.9. The average Bonchev–Trinajstić information content (AvgIpc) is 2.92. The lowest BCUT2D eigenvalue weighted by molar-refractivity contribution is 0.235. The van der Waals surface area contributed by atoms with Gasteiger partial charge in [-0.1, -0.05) is 17.8 Å². The molecule has 11 nitrogen and oxygen atoms in total. The number of hydrogen-bond donors (Lipinski definition) is 2. The molecule has 0 spiro atoms. The van der Waals surface area contributed by atoms with Crippen molar-refractivity contribution in [2.75, 3.05) is 46.2 Å². The maximum absolute atomic E-state index is 11.9. The summed E-state index contributed by atoms with van der Waals surface area (Å²) in [5.41, 5.74) is 6.19. The van der Waals surface area contributed by atoms with E-state index in [9.17, 15) is 21.6 Å². The number of benzene rings is 3. The molecule has 0 atom stereocenters. The van der Waals surface area contributed by atoms with Crippen LogP contribution in [0, 0.1) is 0 Å². The van der Waals surface area contributed by atoms with E-state index in [1.807, 2.05) is 24.3 Å². The van der Waals surface area contributed by atoms with Gasteiger partial charge in [0.2, 0.25) is 20.0 Å². The van der Waals surface area contributed by atoms with Crippen LogP contribution in [0.3, 0.4) is 0 Å². The molecule has 14 heteroatoms. The third-order valence-electron chi connectivity index (χ3n) is 6.51. The van der Waals surface area contributed by atoms with E-state index in [1.165, 1.54) is 16.8 Å². The molecule has 3 aromatic rings. The van der Waals surface area contributed by atoms with Crippen LogP contribution in [0.25, 0.3) is 0 Å². The lowest BCUT2D eigenvalue weighted by Gasteiger charge is -2.33. The average molecular weight is 627 g/mol. The number of rotatable bonds is 7. The van der Waals surface area contributed by atoms with E-state index in [2.05, 4.69) is 25.5 Å². The van der Waals surface area contributed by atoms with E-state index in [0.29, 0.717) is 35.2 Å². The Labute approximate surface area is 249 Å². The molecule has 1 amide bonds. The van der Waals surface area contributed by atoms with E-state index < -0.39 is 20.0 Å². The van der Waals surface area contributed by atoms with E-state index in [-0.39, 0.29) is 5.24 Å². The van der Waals surface area contributed by atoms with Gasteiger partial charge in [0.15, 0.2) is 0 Å². The van der Waals surface area contributed by atoms with Crippen LogP contribution in [0.15, 0.2) is 76.8 Å². The summed E-state index contributed by atoms with van der Waals surface area (Å²) < 4.78 is 51.6. The lowest BCUT2D eigenvalue weighted by atomic mass is 9.97. The van der Waals surface area contributed by atoms with Gasteiger partial charge in [0.05, 0.1) is 23.9 Å². The molecule has 5 rings (SSSR count). The second-order valence-electron chi connectivity index (χ2n) is 10.0. The fourth-order valence-corrected chi connectivity index (χ4v) is 6.58. The molecule has 0 bridgehead atoms. The number of amides is 1. The molecule has 0 aliphatic carbocycles. The zero-order valence-corrected chi connectivity index (χ0v) is 25.7. The maximum Gasteiger partial charge on any atom is 0.301 e. The van der Waals surface area contributed by atoms with Crippen molar-refractivity contribution in [3.05, 3.63) is 83.4 Å². The van der Waals surface area contributed by atoms with E-state index in [1.54, 1.807) is 43.4 Å². The predicted molar refractivity (Wildman–Crippen MR) is 170 cm³/mol. The van der Waals surface area contributed by atoms with Gasteiger partial charge in [-0.25, -0.2) is 26.8 Å². The quantitative estimate of drug-likeness (QED) is 0.291. The van der Waals surface area contributed by atoms with Gasteiger partial charge in [0.1, 0.15) is 5.84 Å². The summed E-state index contributed by atoms with van der Waals surface area (Å²) >= 11 is 1.22. The number of sulfonamides is 2. The largest absolute Gasteiger partial charge is 0.326 e. The maximum atomic E-state index is 11.9. The Hall–Kier alpha value is -3.88. The second kappa shape index (κ2) is 11.8. The van der Waals surface area contributed by atoms with Crippen LogP contribution >= 0.6 is 11.8 Å². The molecular weight excluding hydrogens is 597 g/mol. The van der Waals surface area contributed by atoms with Gasteiger partial charge < -0.3 is 4.90 Å². The molecule has 3 aromatic carbocycles. The molecule has 2 heterocycles. The number of aryl methyl sites for hydroxylation is 1. The molecule has 220 valence electrons. The van der Waals surface area contributed by atoms with E-state index >= 15 is 0 Å². The Kier molecular flexibility index (Phi) is 8.30. The van der Waals surface area contributed by atoms with Crippen LogP contribution in [0.5, 0.6) is 0 Å². The van der Waals surface area contributed by atoms with Crippen LogP contribution in [-0.2, 0) is 26.5 Å². The molecule has 0 unspecified atom stereocenters. The minimum Gasteiger partial charge on any atom is -0.326 e. The molecule has 0 saturated carbocycles. The first kappa shape index (κ1) is 29.6. The van der Waals surface area contributed by atoms with Crippen molar-refractivity contribution in [3.63, 3.8) is 0 Å². The smallest absolute Gasteiger partial charge is 0.301 e. The van der Waals surface area contributed by atoms with Crippen molar-refractivity contribution >= 4 is 71.3 Å². The number of anilines is 3. The molecule has 0 saturated heterocycles. The third kappa shape index (κ3) is 7.30. The third-order valence-corrected chi connectivity index (χ3v) is 8.65. The topological polar surface area (TPSA) is 141 Å². The number of hydrogen-bond acceptors (Lipinski definition) is 8. The van der Waals surface area contributed by atoms with Gasteiger partial charge in [0, 0.05) is 42.0 Å². The second-order valence-corrected chi connectivity index (χ2v) is 14.5. The molecule has 0 aromatic heterocycles. The molecule has 0 fully saturated rings. The number of amidine groups is 1. The summed E-state index contributed by atoms with van der Waals surface area (Å²) in [5.74, 6) is 1.17. The number of fused-ring (bicyclic) bond motifs is 1. The highest BCUT2D eigenvalue weighted by Crippen LogP contribution is 2.32. The summed E-state index contributed by atoms with van der Waals surface area (Å²) in [7, 11) is -5.19. The highest BCUT2D eigenvalue weighted by atomic mass is 32.2. The van der Waals surface area contributed by atoms with Crippen LogP contribution in [0.1, 0.15) is 23.1 Å². The summed E-state index contributed by atoms with van der Waals surface area (Å²) in [6.45, 7) is 0.705.